The molecule has 0 saturated carbocycles. The van der Waals surface area contributed by atoms with Gasteiger partial charge in [0.15, 0.2) is 0 Å². The van der Waals surface area contributed by atoms with Crippen LogP contribution in [-0.4, -0.2) is 41.9 Å². The number of aliphatic hydroxyl groups excluding tert-OH is 1. The van der Waals surface area contributed by atoms with Gasteiger partial charge in [-0.15, -0.1) is 0 Å². The van der Waals surface area contributed by atoms with Crippen molar-refractivity contribution in [3.05, 3.63) is 101 Å². The highest BCUT2D eigenvalue weighted by atomic mass is 16.3. The van der Waals surface area contributed by atoms with E-state index in [1.165, 1.54) is 16.7 Å². The van der Waals surface area contributed by atoms with Gasteiger partial charge in [-0.2, -0.15) is 0 Å². The number of phenolic OH excluding ortho intramolecular Hbond substituents is 1. The summed E-state index contributed by atoms with van der Waals surface area (Å²) >= 11 is 0. The van der Waals surface area contributed by atoms with E-state index in [1.807, 2.05) is 18.2 Å². The zero-order valence-electron chi connectivity index (χ0n) is 17.5. The Kier molecular flexibility index (Phi) is 6.32. The predicted molar refractivity (Wildman–Crippen MR) is 123 cm³/mol. The zero-order chi connectivity index (χ0) is 20.9. The molecule has 1 heterocycles. The highest BCUT2D eigenvalue weighted by molar-refractivity contribution is 5.98. The van der Waals surface area contributed by atoms with Crippen LogP contribution in [0.4, 0.5) is 0 Å². The predicted octanol–water partition coefficient (Wildman–Crippen LogP) is 5.15. The van der Waals surface area contributed by atoms with Crippen LogP contribution in [0.3, 0.4) is 0 Å². The Morgan fingerprint density at radius 2 is 1.43 bits per heavy atom. The zero-order valence-corrected chi connectivity index (χ0v) is 17.5. The van der Waals surface area contributed by atoms with Gasteiger partial charge in [0.2, 0.25) is 0 Å². The summed E-state index contributed by atoms with van der Waals surface area (Å²) in [6.07, 6.45) is 1.49. The number of allylic oxidation sites excluding steroid dienone is 1. The third-order valence-corrected chi connectivity index (χ3v) is 5.90. The van der Waals surface area contributed by atoms with Gasteiger partial charge in [-0.1, -0.05) is 66.7 Å². The van der Waals surface area contributed by atoms with Crippen molar-refractivity contribution < 1.29 is 10.2 Å². The summed E-state index contributed by atoms with van der Waals surface area (Å²) < 4.78 is 0. The third kappa shape index (κ3) is 4.48. The first kappa shape index (κ1) is 20.4. The van der Waals surface area contributed by atoms with E-state index in [0.29, 0.717) is 12.3 Å². The maximum Gasteiger partial charge on any atom is 0.115 e. The summed E-state index contributed by atoms with van der Waals surface area (Å²) in [6.45, 7) is 2.39. The van der Waals surface area contributed by atoms with Gasteiger partial charge >= 0.3 is 0 Å². The SMILES string of the molecule is CN1CC(c2ccc(C(=C(CCCO)c3ccccc3)c3ccc(O)cc3)cc2)C1. The lowest BCUT2D eigenvalue weighted by molar-refractivity contribution is 0.190. The molecular formula is C27H29NO2. The summed E-state index contributed by atoms with van der Waals surface area (Å²) in [6, 6.07) is 26.8. The summed E-state index contributed by atoms with van der Waals surface area (Å²) in [5.41, 5.74) is 7.16. The van der Waals surface area contributed by atoms with Gasteiger partial charge < -0.3 is 15.1 Å². The normalized spacial score (nSPS) is 15.5. The van der Waals surface area contributed by atoms with Crippen molar-refractivity contribution in [2.45, 2.75) is 18.8 Å². The smallest absolute Gasteiger partial charge is 0.115 e. The molecule has 0 aromatic heterocycles. The number of aliphatic hydroxyl groups is 1. The second-order valence-electron chi connectivity index (χ2n) is 8.13. The summed E-state index contributed by atoms with van der Waals surface area (Å²) in [5, 5.41) is 19.3. The Morgan fingerprint density at radius 3 is 2.00 bits per heavy atom. The first-order valence-electron chi connectivity index (χ1n) is 10.6. The number of aromatic hydroxyl groups is 1. The lowest BCUT2D eigenvalue weighted by Crippen LogP contribution is -2.41. The van der Waals surface area contributed by atoms with Crippen LogP contribution in [-0.2, 0) is 0 Å². The van der Waals surface area contributed by atoms with Gasteiger partial charge in [0.1, 0.15) is 5.75 Å². The monoisotopic (exact) mass is 399 g/mol. The number of phenols is 1. The molecule has 3 nitrogen and oxygen atoms in total. The number of likely N-dealkylation sites (N-methyl/N-ethyl adjacent to an activating group) is 1. The van der Waals surface area contributed by atoms with Gasteiger partial charge in [0, 0.05) is 25.6 Å². The average Bonchev–Trinajstić information content (AvgIpc) is 2.76. The van der Waals surface area contributed by atoms with Crippen LogP contribution < -0.4 is 0 Å². The minimum absolute atomic E-state index is 0.160. The van der Waals surface area contributed by atoms with Crippen molar-refractivity contribution >= 4 is 11.1 Å². The molecule has 3 aromatic rings. The van der Waals surface area contributed by atoms with Crippen LogP contribution in [0, 0.1) is 0 Å². The van der Waals surface area contributed by atoms with Crippen LogP contribution in [0.5, 0.6) is 5.75 Å². The molecular weight excluding hydrogens is 370 g/mol. The second kappa shape index (κ2) is 9.29. The highest BCUT2D eigenvalue weighted by Gasteiger charge is 2.24. The summed E-state index contributed by atoms with van der Waals surface area (Å²) in [4.78, 5) is 2.34. The Labute approximate surface area is 178 Å². The van der Waals surface area contributed by atoms with Crippen molar-refractivity contribution in [1.82, 2.24) is 4.90 Å². The number of nitrogens with zero attached hydrogens (tertiary/aromatic N) is 1. The Balaban J connectivity index is 1.82. The molecule has 0 spiro atoms. The Bertz CT molecular complexity index is 985. The van der Waals surface area contributed by atoms with Crippen molar-refractivity contribution in [2.75, 3.05) is 26.7 Å². The van der Waals surface area contributed by atoms with Crippen molar-refractivity contribution in [1.29, 1.82) is 0 Å². The van der Waals surface area contributed by atoms with Crippen LogP contribution in [0.2, 0.25) is 0 Å². The Morgan fingerprint density at radius 1 is 0.833 bits per heavy atom. The first-order valence-corrected chi connectivity index (χ1v) is 10.6. The fourth-order valence-corrected chi connectivity index (χ4v) is 4.28. The highest BCUT2D eigenvalue weighted by Crippen LogP contribution is 2.36. The van der Waals surface area contributed by atoms with E-state index in [4.69, 9.17) is 0 Å². The van der Waals surface area contributed by atoms with Crippen molar-refractivity contribution in [3.63, 3.8) is 0 Å². The van der Waals surface area contributed by atoms with Crippen LogP contribution in [0.25, 0.3) is 11.1 Å². The molecule has 0 radical (unpaired) electrons. The average molecular weight is 400 g/mol. The third-order valence-electron chi connectivity index (χ3n) is 5.90. The Hall–Kier alpha value is -2.88. The molecule has 3 heteroatoms. The molecule has 4 rings (SSSR count). The van der Waals surface area contributed by atoms with E-state index in [1.54, 1.807) is 12.1 Å². The molecule has 1 aliphatic rings. The molecule has 0 aliphatic carbocycles. The topological polar surface area (TPSA) is 43.7 Å². The van der Waals surface area contributed by atoms with E-state index in [9.17, 15) is 10.2 Å². The molecule has 3 aromatic carbocycles. The quantitative estimate of drug-likeness (QED) is 0.540. The molecule has 1 aliphatic heterocycles. The molecule has 0 unspecified atom stereocenters. The van der Waals surface area contributed by atoms with E-state index in [-0.39, 0.29) is 12.4 Å². The first-order chi connectivity index (χ1) is 14.7. The molecule has 2 N–H and O–H groups in total. The number of benzene rings is 3. The number of rotatable bonds is 7. The maximum absolute atomic E-state index is 9.81. The fraction of sp³-hybridized carbons (Fsp3) is 0.259. The summed E-state index contributed by atoms with van der Waals surface area (Å²) in [7, 11) is 2.16. The molecule has 0 amide bonds. The lowest BCUT2D eigenvalue weighted by atomic mass is 9.85. The molecule has 1 saturated heterocycles. The van der Waals surface area contributed by atoms with E-state index in [0.717, 1.165) is 36.2 Å². The fourth-order valence-electron chi connectivity index (χ4n) is 4.28. The summed E-state index contributed by atoms with van der Waals surface area (Å²) in [5.74, 6) is 0.882. The van der Waals surface area contributed by atoms with Gasteiger partial charge in [-0.3, -0.25) is 0 Å². The second-order valence-corrected chi connectivity index (χ2v) is 8.13. The van der Waals surface area contributed by atoms with Crippen LogP contribution >= 0.6 is 0 Å². The van der Waals surface area contributed by atoms with Crippen molar-refractivity contribution in [2.24, 2.45) is 0 Å². The minimum atomic E-state index is 0.160. The van der Waals surface area contributed by atoms with E-state index < -0.39 is 0 Å². The number of hydrogen-bond donors (Lipinski definition) is 2. The molecule has 0 atom stereocenters. The van der Waals surface area contributed by atoms with Crippen molar-refractivity contribution in [3.8, 4) is 5.75 Å². The standard InChI is InChI=1S/C27H29NO2/c1-28-18-24(19-28)20-9-11-22(12-10-20)27(23-13-15-25(30)16-14-23)26(8-5-17-29)21-6-3-2-4-7-21/h2-4,6-7,9-16,24,29-30H,5,8,17-19H2,1H3. The van der Waals surface area contributed by atoms with E-state index in [2.05, 4.69) is 60.5 Å². The molecule has 154 valence electrons. The number of hydrogen-bond acceptors (Lipinski definition) is 3. The maximum atomic E-state index is 9.81. The van der Waals surface area contributed by atoms with Gasteiger partial charge in [-0.25, -0.2) is 0 Å². The molecule has 30 heavy (non-hydrogen) atoms. The number of likely N-dealkylation sites (tertiary alicyclic amines) is 1. The van der Waals surface area contributed by atoms with Crippen LogP contribution in [0.15, 0.2) is 78.9 Å². The van der Waals surface area contributed by atoms with Gasteiger partial charge in [0.25, 0.3) is 0 Å². The largest absolute Gasteiger partial charge is 0.508 e. The minimum Gasteiger partial charge on any atom is -0.508 e. The van der Waals surface area contributed by atoms with Gasteiger partial charge in [0.05, 0.1) is 0 Å². The molecule has 1 fully saturated rings. The molecule has 0 bridgehead atoms. The van der Waals surface area contributed by atoms with Gasteiger partial charge in [-0.05, 0) is 65.4 Å². The van der Waals surface area contributed by atoms with E-state index >= 15 is 0 Å². The lowest BCUT2D eigenvalue weighted by Gasteiger charge is -2.36. The van der Waals surface area contributed by atoms with Crippen LogP contribution in [0.1, 0.15) is 41.0 Å².